The normalized spacial score (nSPS) is 28.4. The molecule has 2 unspecified atom stereocenters. The first-order valence-corrected chi connectivity index (χ1v) is 7.31. The molecule has 0 radical (unpaired) electrons. The molecule has 0 spiro atoms. The molecule has 1 fully saturated rings. The van der Waals surface area contributed by atoms with Crippen molar-refractivity contribution in [1.29, 1.82) is 0 Å². The van der Waals surface area contributed by atoms with Crippen LogP contribution in [0.25, 0.3) is 10.7 Å². The third-order valence-corrected chi connectivity index (χ3v) is 4.60. The van der Waals surface area contributed by atoms with E-state index in [1.165, 1.54) is 12.8 Å². The zero-order valence-corrected chi connectivity index (χ0v) is 11.3. The molecular weight excluding hydrogens is 244 g/mol. The van der Waals surface area contributed by atoms with Crippen LogP contribution in [0.4, 0.5) is 0 Å². The van der Waals surface area contributed by atoms with E-state index in [9.17, 15) is 0 Å². The van der Waals surface area contributed by atoms with Gasteiger partial charge in [-0.05, 0) is 30.2 Å². The topological polar surface area (TPSA) is 67.6 Å². The van der Waals surface area contributed by atoms with Gasteiger partial charge in [0.05, 0.1) is 10.4 Å². The summed E-state index contributed by atoms with van der Waals surface area (Å²) in [5, 5.41) is 9.38. The molecule has 2 aromatic heterocycles. The van der Waals surface area contributed by atoms with E-state index >= 15 is 0 Å². The molecule has 0 saturated heterocycles. The Bertz CT molecular complexity index is 519. The summed E-state index contributed by atoms with van der Waals surface area (Å²) >= 11 is 1.65. The Morgan fingerprint density at radius 1 is 1.56 bits per heavy atom. The second-order valence-corrected chi connectivity index (χ2v) is 6.29. The van der Waals surface area contributed by atoms with Crippen molar-refractivity contribution < 1.29 is 0 Å². The molecule has 1 aliphatic rings. The van der Waals surface area contributed by atoms with Crippen LogP contribution in [0, 0.1) is 5.92 Å². The first-order valence-electron chi connectivity index (χ1n) is 6.43. The van der Waals surface area contributed by atoms with Gasteiger partial charge < -0.3 is 5.73 Å². The van der Waals surface area contributed by atoms with Gasteiger partial charge in [-0.25, -0.2) is 4.98 Å². The van der Waals surface area contributed by atoms with Crippen LogP contribution < -0.4 is 5.73 Å². The number of aromatic nitrogens is 3. The lowest BCUT2D eigenvalue weighted by atomic mass is 9.76. The molecule has 0 amide bonds. The van der Waals surface area contributed by atoms with Crippen molar-refractivity contribution in [1.82, 2.24) is 15.2 Å². The summed E-state index contributed by atoms with van der Waals surface area (Å²) in [6.07, 6.45) is 4.43. The van der Waals surface area contributed by atoms with Crippen LogP contribution in [0.1, 0.15) is 38.4 Å². The van der Waals surface area contributed by atoms with Crippen LogP contribution in [0.2, 0.25) is 0 Å². The van der Waals surface area contributed by atoms with Crippen molar-refractivity contribution in [3.05, 3.63) is 23.3 Å². The van der Waals surface area contributed by atoms with Gasteiger partial charge in [0.25, 0.3) is 0 Å². The molecule has 1 saturated carbocycles. The Morgan fingerprint density at radius 2 is 2.44 bits per heavy atom. The molecule has 0 aliphatic heterocycles. The van der Waals surface area contributed by atoms with Gasteiger partial charge in [0.1, 0.15) is 5.82 Å². The highest BCUT2D eigenvalue weighted by molar-refractivity contribution is 7.13. The highest BCUT2D eigenvalue weighted by Gasteiger charge is 2.35. The van der Waals surface area contributed by atoms with Gasteiger partial charge in [-0.2, -0.15) is 5.10 Å². The predicted molar refractivity (Wildman–Crippen MR) is 73.2 cm³/mol. The summed E-state index contributed by atoms with van der Waals surface area (Å²) in [6, 6.07) is 4.04. The summed E-state index contributed by atoms with van der Waals surface area (Å²) in [5.41, 5.74) is 6.19. The molecule has 1 aliphatic carbocycles. The summed E-state index contributed by atoms with van der Waals surface area (Å²) in [7, 11) is 0. The van der Waals surface area contributed by atoms with Crippen molar-refractivity contribution in [3.63, 3.8) is 0 Å². The molecule has 4 nitrogen and oxygen atoms in total. The predicted octanol–water partition coefficient (Wildman–Crippen LogP) is 2.90. The standard InChI is InChI=1S/C13H18N4S/c1-9-4-2-6-13(14,8-9)12-15-11(16-17-12)10-5-3-7-18-10/h3,5,7,9H,2,4,6,8,14H2,1H3,(H,15,16,17). The Kier molecular flexibility index (Phi) is 2.95. The summed E-state index contributed by atoms with van der Waals surface area (Å²) < 4.78 is 0. The number of hydrogen-bond donors (Lipinski definition) is 2. The third-order valence-electron chi connectivity index (χ3n) is 3.73. The van der Waals surface area contributed by atoms with Crippen LogP contribution >= 0.6 is 11.3 Å². The molecule has 96 valence electrons. The van der Waals surface area contributed by atoms with Crippen molar-refractivity contribution in [2.24, 2.45) is 11.7 Å². The second-order valence-electron chi connectivity index (χ2n) is 5.34. The lowest BCUT2D eigenvalue weighted by Gasteiger charge is -2.34. The third kappa shape index (κ3) is 2.08. The molecule has 5 heteroatoms. The van der Waals surface area contributed by atoms with E-state index in [1.54, 1.807) is 11.3 Å². The fourth-order valence-corrected chi connectivity index (χ4v) is 3.47. The van der Waals surface area contributed by atoms with Gasteiger partial charge in [-0.15, -0.1) is 11.3 Å². The molecule has 2 aromatic rings. The zero-order valence-electron chi connectivity index (χ0n) is 10.5. The molecule has 0 aromatic carbocycles. The molecule has 3 N–H and O–H groups in total. The fourth-order valence-electron chi connectivity index (χ4n) is 2.81. The number of nitrogens with one attached hydrogen (secondary N) is 1. The number of thiophene rings is 1. The highest BCUT2D eigenvalue weighted by atomic mass is 32.1. The van der Waals surface area contributed by atoms with Crippen LogP contribution in [-0.2, 0) is 5.54 Å². The van der Waals surface area contributed by atoms with Gasteiger partial charge in [-0.1, -0.05) is 25.8 Å². The first-order chi connectivity index (χ1) is 8.67. The summed E-state index contributed by atoms with van der Waals surface area (Å²) in [5.74, 6) is 2.28. The largest absolute Gasteiger partial charge is 0.319 e. The number of aromatic amines is 1. The Hall–Kier alpha value is -1.20. The van der Waals surface area contributed by atoms with E-state index in [0.717, 1.165) is 29.4 Å². The van der Waals surface area contributed by atoms with Crippen molar-refractivity contribution in [3.8, 4) is 10.7 Å². The minimum absolute atomic E-state index is 0.319. The zero-order chi connectivity index (χ0) is 12.6. The van der Waals surface area contributed by atoms with Crippen LogP contribution in [-0.4, -0.2) is 15.2 Å². The van der Waals surface area contributed by atoms with E-state index in [-0.39, 0.29) is 5.54 Å². The van der Waals surface area contributed by atoms with Crippen molar-refractivity contribution >= 4 is 11.3 Å². The van der Waals surface area contributed by atoms with E-state index in [2.05, 4.69) is 22.1 Å². The van der Waals surface area contributed by atoms with E-state index in [0.29, 0.717) is 5.92 Å². The van der Waals surface area contributed by atoms with E-state index in [1.807, 2.05) is 17.5 Å². The minimum atomic E-state index is -0.319. The van der Waals surface area contributed by atoms with Gasteiger partial charge in [0.15, 0.2) is 5.82 Å². The lowest BCUT2D eigenvalue weighted by molar-refractivity contribution is 0.228. The number of H-pyrrole nitrogens is 1. The van der Waals surface area contributed by atoms with Gasteiger partial charge in [0.2, 0.25) is 0 Å². The number of rotatable bonds is 2. The molecule has 2 atom stereocenters. The maximum absolute atomic E-state index is 6.51. The van der Waals surface area contributed by atoms with Crippen LogP contribution in [0.5, 0.6) is 0 Å². The quantitative estimate of drug-likeness (QED) is 0.874. The minimum Gasteiger partial charge on any atom is -0.319 e. The summed E-state index contributed by atoms with van der Waals surface area (Å²) in [4.78, 5) is 5.69. The lowest BCUT2D eigenvalue weighted by Crippen LogP contribution is -2.42. The maximum atomic E-state index is 6.51. The van der Waals surface area contributed by atoms with Gasteiger partial charge in [-0.3, -0.25) is 5.10 Å². The average molecular weight is 262 g/mol. The van der Waals surface area contributed by atoms with Crippen molar-refractivity contribution in [2.75, 3.05) is 0 Å². The number of nitrogens with zero attached hydrogens (tertiary/aromatic N) is 2. The van der Waals surface area contributed by atoms with Crippen LogP contribution in [0.3, 0.4) is 0 Å². The number of nitrogens with two attached hydrogens (primary N) is 1. The fraction of sp³-hybridized carbons (Fsp3) is 0.538. The van der Waals surface area contributed by atoms with Gasteiger partial charge in [0, 0.05) is 0 Å². The molecule has 18 heavy (non-hydrogen) atoms. The van der Waals surface area contributed by atoms with Crippen LogP contribution in [0.15, 0.2) is 17.5 Å². The maximum Gasteiger partial charge on any atom is 0.191 e. The molecular formula is C13H18N4S. The first kappa shape index (κ1) is 11.9. The molecule has 2 heterocycles. The highest BCUT2D eigenvalue weighted by Crippen LogP contribution is 2.36. The number of hydrogen-bond acceptors (Lipinski definition) is 4. The molecule has 3 rings (SSSR count). The van der Waals surface area contributed by atoms with E-state index < -0.39 is 0 Å². The van der Waals surface area contributed by atoms with E-state index in [4.69, 9.17) is 5.73 Å². The Labute approximate surface area is 111 Å². The smallest absolute Gasteiger partial charge is 0.191 e. The second kappa shape index (κ2) is 4.48. The summed E-state index contributed by atoms with van der Waals surface area (Å²) in [6.45, 7) is 2.26. The average Bonchev–Trinajstić information content (AvgIpc) is 3.00. The van der Waals surface area contributed by atoms with Crippen molar-refractivity contribution in [2.45, 2.75) is 38.1 Å². The van der Waals surface area contributed by atoms with Gasteiger partial charge >= 0.3 is 0 Å². The SMILES string of the molecule is CC1CCCC(N)(c2nc(-c3cccs3)n[nH]2)C1. The Balaban J connectivity index is 1.88. The monoisotopic (exact) mass is 262 g/mol. The molecule has 0 bridgehead atoms. The Morgan fingerprint density at radius 3 is 3.17 bits per heavy atom.